The van der Waals surface area contributed by atoms with Gasteiger partial charge in [-0.3, -0.25) is 0 Å². The Hall–Kier alpha value is -0.840. The zero-order chi connectivity index (χ0) is 12.3. The second kappa shape index (κ2) is 5.67. The van der Waals surface area contributed by atoms with E-state index in [1.807, 2.05) is 0 Å². The molecule has 0 spiro atoms. The molecule has 3 N–H and O–H groups in total. The Morgan fingerprint density at radius 1 is 1.35 bits per heavy atom. The van der Waals surface area contributed by atoms with Gasteiger partial charge in [-0.15, -0.1) is 0 Å². The third kappa shape index (κ3) is 2.70. The fourth-order valence-electron chi connectivity index (χ4n) is 2.13. The Bertz CT molecular complexity index is 507. The van der Waals surface area contributed by atoms with Crippen molar-refractivity contribution in [1.82, 2.24) is 4.57 Å². The first-order valence-corrected chi connectivity index (χ1v) is 6.63. The Morgan fingerprint density at radius 3 is 2.88 bits per heavy atom. The summed E-state index contributed by atoms with van der Waals surface area (Å²) in [6, 6.07) is 6.30. The van der Waals surface area contributed by atoms with E-state index in [-0.39, 0.29) is 6.61 Å². The molecule has 0 radical (unpaired) electrons. The molecule has 0 saturated heterocycles. The van der Waals surface area contributed by atoms with Crippen LogP contribution in [0.5, 0.6) is 0 Å². The predicted molar refractivity (Wildman–Crippen MR) is 74.1 cm³/mol. The monoisotopic (exact) mass is 296 g/mol. The van der Waals surface area contributed by atoms with E-state index >= 15 is 0 Å². The number of rotatable bonds is 5. The maximum Gasteiger partial charge on any atom is 0.0494 e. The van der Waals surface area contributed by atoms with Crippen LogP contribution in [0.2, 0.25) is 0 Å². The van der Waals surface area contributed by atoms with Crippen molar-refractivity contribution in [1.29, 1.82) is 0 Å². The first kappa shape index (κ1) is 12.6. The minimum Gasteiger partial charge on any atom is -0.396 e. The van der Waals surface area contributed by atoms with E-state index in [1.54, 1.807) is 0 Å². The van der Waals surface area contributed by atoms with Crippen LogP contribution in [0.1, 0.15) is 12.0 Å². The molecule has 1 heterocycles. The van der Waals surface area contributed by atoms with Crippen molar-refractivity contribution in [2.45, 2.75) is 19.4 Å². The highest BCUT2D eigenvalue weighted by molar-refractivity contribution is 9.10. The van der Waals surface area contributed by atoms with Crippen molar-refractivity contribution < 1.29 is 5.11 Å². The van der Waals surface area contributed by atoms with Crippen LogP contribution < -0.4 is 5.73 Å². The van der Waals surface area contributed by atoms with Crippen LogP contribution in [0.25, 0.3) is 10.9 Å². The van der Waals surface area contributed by atoms with Gasteiger partial charge in [0.25, 0.3) is 0 Å². The number of aromatic nitrogens is 1. The summed E-state index contributed by atoms with van der Waals surface area (Å²) in [5, 5.41) is 10.2. The number of aryl methyl sites for hydroxylation is 1. The van der Waals surface area contributed by atoms with E-state index in [9.17, 15) is 0 Å². The highest BCUT2D eigenvalue weighted by atomic mass is 79.9. The van der Waals surface area contributed by atoms with Crippen molar-refractivity contribution in [3.05, 3.63) is 34.4 Å². The summed E-state index contributed by atoms with van der Waals surface area (Å²) in [6.45, 7) is 1.70. The Labute approximate surface area is 109 Å². The molecule has 0 aliphatic rings. The predicted octanol–water partition coefficient (Wildman–Crippen LogP) is 2.29. The molecule has 0 aliphatic heterocycles. The van der Waals surface area contributed by atoms with Crippen molar-refractivity contribution in [2.24, 2.45) is 5.73 Å². The zero-order valence-electron chi connectivity index (χ0n) is 9.69. The van der Waals surface area contributed by atoms with E-state index in [1.165, 1.54) is 16.5 Å². The smallest absolute Gasteiger partial charge is 0.0494 e. The molecule has 0 bridgehead atoms. The molecular formula is C13H17BrN2O. The van der Waals surface area contributed by atoms with Crippen molar-refractivity contribution in [2.75, 3.05) is 13.2 Å². The van der Waals surface area contributed by atoms with Gasteiger partial charge in [0.05, 0.1) is 0 Å². The summed E-state index contributed by atoms with van der Waals surface area (Å²) in [5.41, 5.74) is 8.12. The van der Waals surface area contributed by atoms with Gasteiger partial charge in [-0.1, -0.05) is 22.0 Å². The van der Waals surface area contributed by atoms with Crippen LogP contribution >= 0.6 is 15.9 Å². The first-order chi connectivity index (χ1) is 8.26. The fraction of sp³-hybridized carbons (Fsp3) is 0.385. The van der Waals surface area contributed by atoms with E-state index in [4.69, 9.17) is 10.8 Å². The first-order valence-electron chi connectivity index (χ1n) is 5.84. The van der Waals surface area contributed by atoms with Crippen LogP contribution in [-0.2, 0) is 13.0 Å². The maximum absolute atomic E-state index is 8.92. The van der Waals surface area contributed by atoms with E-state index in [2.05, 4.69) is 44.9 Å². The van der Waals surface area contributed by atoms with Gasteiger partial charge >= 0.3 is 0 Å². The summed E-state index contributed by atoms with van der Waals surface area (Å²) in [6.07, 6.45) is 3.86. The molecule has 0 saturated carbocycles. The molecule has 92 valence electrons. The lowest BCUT2D eigenvalue weighted by molar-refractivity contribution is 0.288. The quantitative estimate of drug-likeness (QED) is 0.889. The number of aliphatic hydroxyl groups is 1. The second-order valence-corrected chi connectivity index (χ2v) is 5.04. The number of nitrogens with zero attached hydrogens (tertiary/aromatic N) is 1. The lowest BCUT2D eigenvalue weighted by Gasteiger charge is -2.02. The highest BCUT2D eigenvalue weighted by Gasteiger charge is 2.08. The Kier molecular flexibility index (Phi) is 4.20. The Morgan fingerprint density at radius 2 is 2.18 bits per heavy atom. The van der Waals surface area contributed by atoms with E-state index in [0.717, 1.165) is 23.9 Å². The molecule has 0 aliphatic carbocycles. The molecule has 2 aromatic rings. The molecule has 0 atom stereocenters. The van der Waals surface area contributed by atoms with Crippen LogP contribution in [0.3, 0.4) is 0 Å². The topological polar surface area (TPSA) is 51.2 Å². The van der Waals surface area contributed by atoms with Gasteiger partial charge in [-0.05, 0) is 30.5 Å². The van der Waals surface area contributed by atoms with Crippen molar-refractivity contribution in [3.8, 4) is 0 Å². The van der Waals surface area contributed by atoms with Gasteiger partial charge in [-0.25, -0.2) is 0 Å². The minimum absolute atomic E-state index is 0.236. The molecule has 17 heavy (non-hydrogen) atoms. The molecule has 0 amide bonds. The number of hydrogen-bond donors (Lipinski definition) is 2. The summed E-state index contributed by atoms with van der Waals surface area (Å²) in [4.78, 5) is 0. The van der Waals surface area contributed by atoms with Gasteiger partial charge in [0.15, 0.2) is 0 Å². The molecule has 4 heteroatoms. The molecular weight excluding hydrogens is 280 g/mol. The molecule has 2 rings (SSSR count). The normalized spacial score (nSPS) is 11.2. The van der Waals surface area contributed by atoms with Crippen molar-refractivity contribution >= 4 is 26.8 Å². The lowest BCUT2D eigenvalue weighted by Crippen LogP contribution is -2.08. The van der Waals surface area contributed by atoms with Gasteiger partial charge in [-0.2, -0.15) is 0 Å². The summed E-state index contributed by atoms with van der Waals surface area (Å²) >= 11 is 3.50. The van der Waals surface area contributed by atoms with Gasteiger partial charge in [0.1, 0.15) is 0 Å². The van der Waals surface area contributed by atoms with Crippen LogP contribution in [0.4, 0.5) is 0 Å². The number of fused-ring (bicyclic) bond motifs is 1. The average molecular weight is 297 g/mol. The standard InChI is InChI=1S/C13H17BrN2O/c14-11-3-4-12-10(2-1-7-17)9-16(6-5-15)13(12)8-11/h3-4,8-9,17H,1-2,5-7,15H2. The van der Waals surface area contributed by atoms with E-state index < -0.39 is 0 Å². The molecule has 0 unspecified atom stereocenters. The number of aliphatic hydroxyl groups excluding tert-OH is 1. The second-order valence-electron chi connectivity index (χ2n) is 4.13. The van der Waals surface area contributed by atoms with Crippen LogP contribution in [0, 0.1) is 0 Å². The van der Waals surface area contributed by atoms with Crippen LogP contribution in [0.15, 0.2) is 28.9 Å². The number of hydrogen-bond acceptors (Lipinski definition) is 2. The highest BCUT2D eigenvalue weighted by Crippen LogP contribution is 2.25. The van der Waals surface area contributed by atoms with E-state index in [0.29, 0.717) is 6.54 Å². The third-order valence-electron chi connectivity index (χ3n) is 2.90. The third-order valence-corrected chi connectivity index (χ3v) is 3.39. The molecule has 1 aromatic carbocycles. The summed E-state index contributed by atoms with van der Waals surface area (Å²) < 4.78 is 3.27. The van der Waals surface area contributed by atoms with Gasteiger partial charge < -0.3 is 15.4 Å². The number of benzene rings is 1. The molecule has 0 fully saturated rings. The van der Waals surface area contributed by atoms with Crippen LogP contribution in [-0.4, -0.2) is 22.8 Å². The minimum atomic E-state index is 0.236. The lowest BCUT2D eigenvalue weighted by atomic mass is 10.1. The van der Waals surface area contributed by atoms with Gasteiger partial charge in [0, 0.05) is 41.3 Å². The summed E-state index contributed by atoms with van der Waals surface area (Å²) in [5.74, 6) is 0. The molecule has 1 aromatic heterocycles. The molecule has 3 nitrogen and oxygen atoms in total. The maximum atomic E-state index is 8.92. The number of nitrogens with two attached hydrogens (primary N) is 1. The van der Waals surface area contributed by atoms with Gasteiger partial charge in [0.2, 0.25) is 0 Å². The SMILES string of the molecule is NCCn1cc(CCCO)c2ccc(Br)cc21. The van der Waals surface area contributed by atoms with Crippen molar-refractivity contribution in [3.63, 3.8) is 0 Å². The zero-order valence-corrected chi connectivity index (χ0v) is 11.3. The Balaban J connectivity index is 2.46. The largest absolute Gasteiger partial charge is 0.396 e. The summed E-state index contributed by atoms with van der Waals surface area (Å²) in [7, 11) is 0. The average Bonchev–Trinajstić information content (AvgIpc) is 2.65. The number of halogens is 1. The fourth-order valence-corrected chi connectivity index (χ4v) is 2.48.